The van der Waals surface area contributed by atoms with E-state index in [-0.39, 0.29) is 18.3 Å². The number of aliphatic hydroxyl groups is 1. The second kappa shape index (κ2) is 7.11. The molecule has 0 saturated heterocycles. The highest BCUT2D eigenvalue weighted by Gasteiger charge is 2.08. The third-order valence-corrected chi connectivity index (χ3v) is 3.58. The minimum atomic E-state index is -0.295. The van der Waals surface area contributed by atoms with E-state index >= 15 is 0 Å². The lowest BCUT2D eigenvalue weighted by Gasteiger charge is -2.06. The van der Waals surface area contributed by atoms with Crippen LogP contribution in [0.15, 0.2) is 42.5 Å². The van der Waals surface area contributed by atoms with Gasteiger partial charge in [0, 0.05) is 16.8 Å². The average molecular weight is 393 g/mol. The van der Waals surface area contributed by atoms with Gasteiger partial charge in [0.15, 0.2) is 0 Å². The second-order valence-corrected chi connectivity index (χ2v) is 5.32. The van der Waals surface area contributed by atoms with Crippen LogP contribution in [0, 0.1) is 15.4 Å². The van der Waals surface area contributed by atoms with E-state index in [0.29, 0.717) is 14.8 Å². The van der Waals surface area contributed by atoms with Gasteiger partial charge in [-0.15, -0.1) is 0 Å². The van der Waals surface area contributed by atoms with Crippen molar-refractivity contribution in [1.82, 2.24) is 0 Å². The molecule has 0 aliphatic heterocycles. The largest absolute Gasteiger partial charge is 0.507 e. The monoisotopic (exact) mass is 393 g/mol. The first-order valence-electron chi connectivity index (χ1n) is 6.10. The van der Waals surface area contributed by atoms with Crippen LogP contribution >= 0.6 is 22.6 Å². The maximum Gasteiger partial charge on any atom is 0.255 e. The molecular formula is C16H12INO3. The summed E-state index contributed by atoms with van der Waals surface area (Å²) < 4.78 is 0.691. The third-order valence-electron chi connectivity index (χ3n) is 2.66. The highest BCUT2D eigenvalue weighted by molar-refractivity contribution is 14.1. The summed E-state index contributed by atoms with van der Waals surface area (Å²) in [5.74, 6) is 5.11. The van der Waals surface area contributed by atoms with Crippen molar-refractivity contribution in [3.05, 3.63) is 57.2 Å². The normalized spacial score (nSPS) is 9.62. The summed E-state index contributed by atoms with van der Waals surface area (Å²) >= 11 is 1.99. The Bertz CT molecular complexity index is 715. The van der Waals surface area contributed by atoms with Gasteiger partial charge >= 0.3 is 0 Å². The van der Waals surface area contributed by atoms with Crippen LogP contribution in [0.4, 0.5) is 5.69 Å². The van der Waals surface area contributed by atoms with E-state index < -0.39 is 0 Å². The molecule has 0 atom stereocenters. The topological polar surface area (TPSA) is 69.6 Å². The molecule has 2 aromatic rings. The predicted octanol–water partition coefficient (Wildman–Crippen LogP) is 2.59. The first-order chi connectivity index (χ1) is 10.1. The van der Waals surface area contributed by atoms with Crippen molar-refractivity contribution in [2.24, 2.45) is 0 Å². The molecule has 0 saturated carbocycles. The molecule has 0 aliphatic rings. The lowest BCUT2D eigenvalue weighted by molar-refractivity contribution is 0.102. The maximum absolute atomic E-state index is 12.0. The van der Waals surface area contributed by atoms with Crippen LogP contribution in [0.3, 0.4) is 0 Å². The summed E-state index contributed by atoms with van der Waals surface area (Å²) in [5.41, 5.74) is 1.78. The van der Waals surface area contributed by atoms with Crippen molar-refractivity contribution >= 4 is 34.2 Å². The van der Waals surface area contributed by atoms with Crippen molar-refractivity contribution in [2.45, 2.75) is 0 Å². The highest BCUT2D eigenvalue weighted by atomic mass is 127. The number of aliphatic hydroxyl groups excluding tert-OH is 1. The number of aromatic hydroxyl groups is 1. The summed E-state index contributed by atoms with van der Waals surface area (Å²) in [6.45, 7) is -0.186. The number of carbonyl (C=O) groups excluding carboxylic acids is 1. The molecule has 2 aromatic carbocycles. The fourth-order valence-corrected chi connectivity index (χ4v) is 1.97. The summed E-state index contributed by atoms with van der Waals surface area (Å²) in [6, 6.07) is 11.7. The second-order valence-electron chi connectivity index (χ2n) is 4.16. The van der Waals surface area contributed by atoms with Gasteiger partial charge in [-0.1, -0.05) is 11.8 Å². The molecule has 0 aliphatic carbocycles. The smallest absolute Gasteiger partial charge is 0.255 e. The number of benzene rings is 2. The summed E-state index contributed by atoms with van der Waals surface area (Å²) in [4.78, 5) is 12.0. The van der Waals surface area contributed by atoms with Gasteiger partial charge in [0.25, 0.3) is 5.91 Å². The number of hydrogen-bond acceptors (Lipinski definition) is 3. The molecule has 21 heavy (non-hydrogen) atoms. The molecule has 1 amide bonds. The summed E-state index contributed by atoms with van der Waals surface area (Å²) in [7, 11) is 0. The predicted molar refractivity (Wildman–Crippen MR) is 89.2 cm³/mol. The first kappa shape index (κ1) is 15.4. The lowest BCUT2D eigenvalue weighted by Crippen LogP contribution is -2.11. The summed E-state index contributed by atoms with van der Waals surface area (Å²) in [5, 5.41) is 21.0. The van der Waals surface area contributed by atoms with E-state index in [1.165, 1.54) is 6.07 Å². The number of nitrogens with one attached hydrogen (secondary N) is 1. The van der Waals surface area contributed by atoms with Crippen molar-refractivity contribution in [1.29, 1.82) is 0 Å². The molecule has 5 heteroatoms. The van der Waals surface area contributed by atoms with Crippen LogP contribution in [0.2, 0.25) is 0 Å². The molecule has 3 N–H and O–H groups in total. The number of anilines is 1. The Morgan fingerprint density at radius 1 is 1.19 bits per heavy atom. The van der Waals surface area contributed by atoms with Gasteiger partial charge in [-0.3, -0.25) is 4.79 Å². The van der Waals surface area contributed by atoms with Gasteiger partial charge < -0.3 is 15.5 Å². The van der Waals surface area contributed by atoms with Gasteiger partial charge in [0.1, 0.15) is 12.4 Å². The third kappa shape index (κ3) is 4.21. The van der Waals surface area contributed by atoms with E-state index in [9.17, 15) is 9.90 Å². The molecular weight excluding hydrogens is 381 g/mol. The van der Waals surface area contributed by atoms with Gasteiger partial charge in [0.05, 0.1) is 3.57 Å². The minimum absolute atomic E-state index is 0.0814. The molecule has 4 nitrogen and oxygen atoms in total. The molecule has 0 spiro atoms. The molecule has 2 rings (SSSR count). The first-order valence-corrected chi connectivity index (χ1v) is 7.17. The highest BCUT2D eigenvalue weighted by Crippen LogP contribution is 2.21. The van der Waals surface area contributed by atoms with Crippen LogP contribution in [-0.4, -0.2) is 22.7 Å². The van der Waals surface area contributed by atoms with E-state index in [4.69, 9.17) is 5.11 Å². The number of phenols is 1. The summed E-state index contributed by atoms with van der Waals surface area (Å²) in [6.07, 6.45) is 0. The quantitative estimate of drug-likeness (QED) is 0.543. The van der Waals surface area contributed by atoms with Crippen LogP contribution in [0.25, 0.3) is 0 Å². The van der Waals surface area contributed by atoms with Gasteiger partial charge in [0.2, 0.25) is 0 Å². The number of phenolic OH excluding ortho intramolecular Hbond substituents is 1. The number of carbonyl (C=O) groups is 1. The zero-order valence-corrected chi connectivity index (χ0v) is 13.1. The molecule has 0 aromatic heterocycles. The number of halogens is 1. The lowest BCUT2D eigenvalue weighted by atomic mass is 10.1. The van der Waals surface area contributed by atoms with Crippen molar-refractivity contribution in [3.63, 3.8) is 0 Å². The van der Waals surface area contributed by atoms with Crippen molar-refractivity contribution < 1.29 is 15.0 Å². The Balaban J connectivity index is 2.10. The maximum atomic E-state index is 12.0. The Labute approximate surface area is 136 Å². The minimum Gasteiger partial charge on any atom is -0.507 e. The van der Waals surface area contributed by atoms with Crippen LogP contribution in [0.5, 0.6) is 5.75 Å². The van der Waals surface area contributed by atoms with Crippen LogP contribution < -0.4 is 5.32 Å². The fraction of sp³-hybridized carbons (Fsp3) is 0.0625. The van der Waals surface area contributed by atoms with E-state index in [2.05, 4.69) is 17.2 Å². The standard InChI is InChI=1S/C16H12INO3/c17-14-8-5-12(10-15(14)20)16(21)18-13-6-3-11(4-7-13)2-1-9-19/h3-8,10,19-20H,9H2,(H,18,21). The zero-order chi connectivity index (χ0) is 15.2. The molecule has 106 valence electrons. The van der Waals surface area contributed by atoms with Gasteiger partial charge in [-0.05, 0) is 65.1 Å². The molecule has 0 heterocycles. The van der Waals surface area contributed by atoms with Gasteiger partial charge in [-0.25, -0.2) is 0 Å². The fourth-order valence-electron chi connectivity index (χ4n) is 1.64. The molecule has 0 fully saturated rings. The Kier molecular flexibility index (Phi) is 5.20. The van der Waals surface area contributed by atoms with Crippen molar-refractivity contribution in [2.75, 3.05) is 11.9 Å². The number of amides is 1. The van der Waals surface area contributed by atoms with E-state index in [1.54, 1.807) is 36.4 Å². The molecule has 0 bridgehead atoms. The van der Waals surface area contributed by atoms with E-state index in [1.807, 2.05) is 22.6 Å². The molecule has 0 radical (unpaired) electrons. The number of rotatable bonds is 2. The average Bonchev–Trinajstić information content (AvgIpc) is 2.49. The Morgan fingerprint density at radius 3 is 2.52 bits per heavy atom. The Hall–Kier alpha value is -2.04. The van der Waals surface area contributed by atoms with Gasteiger partial charge in [-0.2, -0.15) is 0 Å². The van der Waals surface area contributed by atoms with Crippen LogP contribution in [0.1, 0.15) is 15.9 Å². The Morgan fingerprint density at radius 2 is 1.90 bits per heavy atom. The zero-order valence-electron chi connectivity index (χ0n) is 10.9. The number of hydrogen-bond donors (Lipinski definition) is 3. The molecule has 0 unspecified atom stereocenters. The van der Waals surface area contributed by atoms with Crippen molar-refractivity contribution in [3.8, 4) is 17.6 Å². The van der Waals surface area contributed by atoms with Crippen LogP contribution in [-0.2, 0) is 0 Å². The van der Waals surface area contributed by atoms with E-state index in [0.717, 1.165) is 5.56 Å². The SMILES string of the molecule is O=C(Nc1ccc(C#CCO)cc1)c1ccc(I)c(O)c1.